The number of amides is 1. The molecule has 0 saturated heterocycles. The van der Waals surface area contributed by atoms with Gasteiger partial charge in [-0.1, -0.05) is 13.8 Å². The van der Waals surface area contributed by atoms with Gasteiger partial charge in [-0.25, -0.2) is 4.98 Å². The number of hydrogen-bond donors (Lipinski definition) is 2. The van der Waals surface area contributed by atoms with Crippen LogP contribution in [0.25, 0.3) is 33.7 Å². The lowest BCUT2D eigenvalue weighted by atomic mass is 9.71. The van der Waals surface area contributed by atoms with Crippen LogP contribution < -0.4 is 0 Å². The molecule has 0 unspecified atom stereocenters. The molecule has 2 atom stereocenters. The first-order chi connectivity index (χ1) is 28.8. The van der Waals surface area contributed by atoms with E-state index in [4.69, 9.17) is 19.4 Å². The van der Waals surface area contributed by atoms with E-state index in [1.54, 1.807) is 19.0 Å². The predicted octanol–water partition coefficient (Wildman–Crippen LogP) is 8.38. The van der Waals surface area contributed by atoms with Crippen LogP contribution in [0.1, 0.15) is 97.4 Å². The van der Waals surface area contributed by atoms with Gasteiger partial charge in [0.05, 0.1) is 24.5 Å². The number of nitrogens with one attached hydrogen (secondary N) is 2. The summed E-state index contributed by atoms with van der Waals surface area (Å²) in [6, 6.07) is 16.1. The third kappa shape index (κ3) is 9.17. The lowest BCUT2D eigenvalue weighted by molar-refractivity contribution is -0.144. The highest BCUT2D eigenvalue weighted by Gasteiger charge is 2.44. The molecule has 2 aliphatic heterocycles. The van der Waals surface area contributed by atoms with E-state index >= 15 is 0 Å². The van der Waals surface area contributed by atoms with Crippen molar-refractivity contribution in [3.8, 4) is 0 Å². The normalized spacial score (nSPS) is 16.1. The van der Waals surface area contributed by atoms with Crippen LogP contribution >= 0.6 is 0 Å². The van der Waals surface area contributed by atoms with Crippen molar-refractivity contribution in [3.63, 3.8) is 0 Å². The molecule has 0 fully saturated rings. The number of aromatic amines is 2. The van der Waals surface area contributed by atoms with Gasteiger partial charge in [-0.05, 0) is 122 Å². The number of nitrogens with zero attached hydrogens (tertiary/aromatic N) is 5. The predicted molar refractivity (Wildman–Crippen MR) is 235 cm³/mol. The van der Waals surface area contributed by atoms with E-state index in [1.807, 2.05) is 58.2 Å². The van der Waals surface area contributed by atoms with Gasteiger partial charge in [0.2, 0.25) is 5.91 Å². The molecule has 5 aromatic heterocycles. The minimum Gasteiger partial charge on any atom is -0.464 e. The van der Waals surface area contributed by atoms with E-state index in [2.05, 4.69) is 74.9 Å². The Hall–Kier alpha value is -6.17. The number of fused-ring (bicyclic) bond motifs is 8. The largest absolute Gasteiger partial charge is 0.464 e. The van der Waals surface area contributed by atoms with Crippen LogP contribution in [-0.2, 0) is 55.2 Å². The number of H-pyrrole nitrogens is 2. The lowest BCUT2D eigenvalue weighted by Gasteiger charge is -2.31. The molecule has 314 valence electrons. The van der Waals surface area contributed by atoms with Crippen molar-refractivity contribution in [1.82, 2.24) is 34.0 Å². The Labute approximate surface area is 351 Å². The zero-order chi connectivity index (χ0) is 42.6. The number of allylic oxidation sites excluding steroid dienone is 1. The highest BCUT2D eigenvalue weighted by Crippen LogP contribution is 2.47. The molecule has 2 aliphatic rings. The van der Waals surface area contributed by atoms with Crippen molar-refractivity contribution in [1.29, 1.82) is 0 Å². The molecule has 0 radical (unpaired) electrons. The molecule has 12 heteroatoms. The molecule has 0 aliphatic carbocycles. The number of hydrogen-bond acceptors (Lipinski definition) is 7. The van der Waals surface area contributed by atoms with Gasteiger partial charge >= 0.3 is 11.9 Å². The number of aromatic nitrogens is 6. The number of carbonyl (C=O) groups excluding carboxylic acids is 3. The second-order valence-electron chi connectivity index (χ2n) is 16.5. The first-order valence-corrected chi connectivity index (χ1v) is 21.0. The van der Waals surface area contributed by atoms with Crippen LogP contribution in [0, 0.1) is 13.8 Å². The Morgan fingerprint density at radius 2 is 1.28 bits per heavy atom. The standard InChI is InChI=1S/C48H57N7O5/c1-8-37-43-27-38-31(2)25-34(49-38)26-39-32(3)35(13-15-46(57)59-23-21-54-17-9-10-18-54)41(50-39)28-42-36(14-16-47(58)60-24-22-55-19-11-12-20-55)33(4)40(51-42)29-44(52-43)48(37,5)30-45(56)53(6)7/h9-12,17-20,25-29,37,50-51H,8,13-16,21-24,30H2,1-7H3/t37-,48-/m1/s1. The molecule has 5 aromatic rings. The van der Waals surface area contributed by atoms with Crippen molar-refractivity contribution in [3.05, 3.63) is 118 Å². The van der Waals surface area contributed by atoms with Crippen LogP contribution in [0.5, 0.6) is 0 Å². The Kier molecular flexibility index (Phi) is 12.6. The fraction of sp³-hybridized carbons (Fsp3) is 0.396. The molecule has 8 bridgehead atoms. The fourth-order valence-electron chi connectivity index (χ4n) is 8.57. The Balaban J connectivity index is 1.35. The quantitative estimate of drug-likeness (QED) is 0.101. The second-order valence-corrected chi connectivity index (χ2v) is 16.5. The summed E-state index contributed by atoms with van der Waals surface area (Å²) in [5.74, 6) is -0.519. The number of esters is 2. The zero-order valence-corrected chi connectivity index (χ0v) is 35.9. The van der Waals surface area contributed by atoms with Crippen LogP contribution in [0.4, 0.5) is 0 Å². The topological polar surface area (TPSA) is 140 Å². The minimum absolute atomic E-state index is 0.0233. The number of aryl methyl sites for hydroxylation is 4. The van der Waals surface area contributed by atoms with Crippen LogP contribution in [0.15, 0.2) is 73.3 Å². The van der Waals surface area contributed by atoms with Crippen molar-refractivity contribution in [2.24, 2.45) is 0 Å². The van der Waals surface area contributed by atoms with Gasteiger partial charge < -0.3 is 33.5 Å². The molecule has 0 saturated carbocycles. The van der Waals surface area contributed by atoms with Gasteiger partial charge in [-0.2, -0.15) is 0 Å². The molecule has 7 rings (SSSR count). The van der Waals surface area contributed by atoms with E-state index in [0.717, 1.165) is 79.1 Å². The fourth-order valence-corrected chi connectivity index (χ4v) is 8.57. The Morgan fingerprint density at radius 3 is 1.80 bits per heavy atom. The SMILES string of the molecule is CC[C@@H]1c2cc3nc(cc4[nH]c(cc5[nH]c(cc(n2)[C@]1(C)CC(=O)N(C)C)c(C)c5CCC(=O)OCCn1cccc1)c(CCC(=O)OCCn1cccc1)c4C)C=C3C. The van der Waals surface area contributed by atoms with Crippen molar-refractivity contribution in [2.45, 2.75) is 97.6 Å². The van der Waals surface area contributed by atoms with Gasteiger partial charge in [0, 0.05) is 103 Å². The summed E-state index contributed by atoms with van der Waals surface area (Å²) in [6.45, 7) is 12.3. The maximum absolute atomic E-state index is 13.5. The van der Waals surface area contributed by atoms with Gasteiger partial charge in [0.25, 0.3) is 0 Å². The molecule has 2 N–H and O–H groups in total. The first-order valence-electron chi connectivity index (χ1n) is 21.0. The Bertz CT molecular complexity index is 2560. The van der Waals surface area contributed by atoms with Crippen molar-refractivity contribution in [2.75, 3.05) is 27.3 Å². The van der Waals surface area contributed by atoms with E-state index in [-0.39, 0.29) is 43.2 Å². The summed E-state index contributed by atoms with van der Waals surface area (Å²) in [6.07, 6.45) is 12.3. The van der Waals surface area contributed by atoms with E-state index < -0.39 is 5.41 Å². The summed E-state index contributed by atoms with van der Waals surface area (Å²) < 4.78 is 15.3. The summed E-state index contributed by atoms with van der Waals surface area (Å²) in [5.41, 5.74) is 11.2. The first kappa shape index (κ1) is 42.0. The molecule has 7 heterocycles. The number of ether oxygens (including phenoxy) is 2. The average molecular weight is 812 g/mol. The molecule has 60 heavy (non-hydrogen) atoms. The van der Waals surface area contributed by atoms with E-state index in [1.165, 1.54) is 0 Å². The summed E-state index contributed by atoms with van der Waals surface area (Å²) in [7, 11) is 3.58. The summed E-state index contributed by atoms with van der Waals surface area (Å²) in [4.78, 5) is 59.1. The molecule has 12 nitrogen and oxygen atoms in total. The molecule has 0 spiro atoms. The van der Waals surface area contributed by atoms with E-state index in [0.29, 0.717) is 39.0 Å². The smallest absolute Gasteiger partial charge is 0.306 e. The third-order valence-electron chi connectivity index (χ3n) is 12.2. The molecular weight excluding hydrogens is 755 g/mol. The second kappa shape index (κ2) is 18.0. The van der Waals surface area contributed by atoms with Crippen LogP contribution in [0.3, 0.4) is 0 Å². The zero-order valence-electron chi connectivity index (χ0n) is 35.9. The van der Waals surface area contributed by atoms with Crippen molar-refractivity contribution >= 4 is 51.6 Å². The van der Waals surface area contributed by atoms with Crippen molar-refractivity contribution < 1.29 is 23.9 Å². The monoisotopic (exact) mass is 811 g/mol. The molecule has 0 aromatic carbocycles. The van der Waals surface area contributed by atoms with Gasteiger partial charge in [0.1, 0.15) is 13.2 Å². The third-order valence-corrected chi connectivity index (χ3v) is 12.2. The molecular formula is C48H57N7O5. The van der Waals surface area contributed by atoms with Crippen LogP contribution in [-0.4, -0.2) is 79.1 Å². The Morgan fingerprint density at radius 1 is 0.750 bits per heavy atom. The lowest BCUT2D eigenvalue weighted by Crippen LogP contribution is -2.34. The van der Waals surface area contributed by atoms with Gasteiger partial charge in [0.15, 0.2) is 0 Å². The minimum atomic E-state index is -0.592. The summed E-state index contributed by atoms with van der Waals surface area (Å²) >= 11 is 0. The average Bonchev–Trinajstić information content (AvgIpc) is 4.07. The van der Waals surface area contributed by atoms with Crippen LogP contribution in [0.2, 0.25) is 0 Å². The van der Waals surface area contributed by atoms with E-state index in [9.17, 15) is 14.4 Å². The maximum atomic E-state index is 13.5. The number of carbonyl (C=O) groups is 3. The van der Waals surface area contributed by atoms with Gasteiger partial charge in [-0.15, -0.1) is 0 Å². The maximum Gasteiger partial charge on any atom is 0.306 e. The highest BCUT2D eigenvalue weighted by atomic mass is 16.5. The highest BCUT2D eigenvalue weighted by molar-refractivity contribution is 5.85. The molecule has 1 amide bonds. The number of rotatable bonds is 15. The summed E-state index contributed by atoms with van der Waals surface area (Å²) in [5, 5.41) is 0. The van der Waals surface area contributed by atoms with Gasteiger partial charge in [-0.3, -0.25) is 19.4 Å².